The summed E-state index contributed by atoms with van der Waals surface area (Å²) in [6.45, 7) is 4.71. The molecule has 0 bridgehead atoms. The van der Waals surface area contributed by atoms with Crippen LogP contribution in [0.15, 0.2) is 217 Å². The number of furan rings is 1. The average Bonchev–Trinajstić information content (AvgIpc) is 3.79. The molecule has 9 aromatic carbocycles. The lowest BCUT2D eigenvalue weighted by atomic mass is 9.82. The van der Waals surface area contributed by atoms with Crippen molar-refractivity contribution in [2.45, 2.75) is 19.3 Å². The zero-order valence-electron chi connectivity index (χ0n) is 33.1. The van der Waals surface area contributed by atoms with E-state index in [1.54, 1.807) is 0 Å². The molecule has 59 heavy (non-hydrogen) atoms. The van der Waals surface area contributed by atoms with E-state index in [2.05, 4.69) is 225 Å². The Morgan fingerprint density at radius 3 is 1.63 bits per heavy atom. The fraction of sp³-hybridized carbons (Fsp3) is 0.0526. The van der Waals surface area contributed by atoms with Crippen LogP contribution in [0.25, 0.3) is 77.6 Å². The molecule has 1 aromatic heterocycles. The normalized spacial score (nSPS) is 12.7. The van der Waals surface area contributed by atoms with Gasteiger partial charge in [0, 0.05) is 38.7 Å². The lowest BCUT2D eigenvalue weighted by Gasteiger charge is -2.30. The van der Waals surface area contributed by atoms with Gasteiger partial charge in [-0.1, -0.05) is 178 Å². The maximum atomic E-state index is 6.54. The number of hydrogen-bond donors (Lipinski definition) is 0. The van der Waals surface area contributed by atoms with Crippen LogP contribution in [0.1, 0.15) is 25.0 Å². The van der Waals surface area contributed by atoms with Gasteiger partial charge in [0.2, 0.25) is 0 Å². The molecule has 10 aromatic rings. The molecule has 0 spiro atoms. The van der Waals surface area contributed by atoms with Gasteiger partial charge in [0.15, 0.2) is 0 Å². The molecule has 1 aliphatic rings. The zero-order chi connectivity index (χ0) is 39.5. The molecule has 0 amide bonds. The molecule has 0 N–H and O–H groups in total. The van der Waals surface area contributed by atoms with Crippen molar-refractivity contribution in [2.24, 2.45) is 0 Å². The first kappa shape index (κ1) is 34.8. The molecule has 0 radical (unpaired) electrons. The summed E-state index contributed by atoms with van der Waals surface area (Å²) in [6, 6.07) is 76.9. The van der Waals surface area contributed by atoms with E-state index in [0.717, 1.165) is 61.3 Å². The van der Waals surface area contributed by atoms with E-state index in [1.807, 2.05) is 6.07 Å². The molecule has 2 heteroatoms. The van der Waals surface area contributed by atoms with Gasteiger partial charge in [-0.2, -0.15) is 0 Å². The van der Waals surface area contributed by atoms with E-state index in [0.29, 0.717) is 0 Å². The smallest absolute Gasteiger partial charge is 0.136 e. The van der Waals surface area contributed by atoms with E-state index in [4.69, 9.17) is 4.42 Å². The average molecular weight is 756 g/mol. The van der Waals surface area contributed by atoms with Crippen molar-refractivity contribution in [2.75, 3.05) is 4.90 Å². The first-order valence-corrected chi connectivity index (χ1v) is 20.4. The van der Waals surface area contributed by atoms with Crippen molar-refractivity contribution in [1.82, 2.24) is 0 Å². The first-order valence-electron chi connectivity index (χ1n) is 20.4. The molecule has 0 saturated carbocycles. The number of nitrogens with zero attached hydrogens (tertiary/aromatic N) is 1. The summed E-state index contributed by atoms with van der Waals surface area (Å²) in [5.41, 5.74) is 19.6. The molecule has 1 aliphatic carbocycles. The molecular weight excluding hydrogens is 715 g/mol. The molecule has 0 unspecified atom stereocenters. The highest BCUT2D eigenvalue weighted by atomic mass is 16.3. The van der Waals surface area contributed by atoms with Gasteiger partial charge in [-0.15, -0.1) is 0 Å². The highest BCUT2D eigenvalue weighted by Gasteiger charge is 2.36. The summed E-state index contributed by atoms with van der Waals surface area (Å²) in [4.78, 5) is 2.45. The Hall–Kier alpha value is -7.42. The van der Waals surface area contributed by atoms with Crippen molar-refractivity contribution in [3.8, 4) is 55.6 Å². The third kappa shape index (κ3) is 5.79. The summed E-state index contributed by atoms with van der Waals surface area (Å²) >= 11 is 0. The van der Waals surface area contributed by atoms with Gasteiger partial charge in [0.1, 0.15) is 11.2 Å². The van der Waals surface area contributed by atoms with Crippen LogP contribution in [0.3, 0.4) is 0 Å². The number of fused-ring (bicyclic) bond motifs is 6. The first-order chi connectivity index (χ1) is 29.0. The minimum absolute atomic E-state index is 0.142. The summed E-state index contributed by atoms with van der Waals surface area (Å²) in [5, 5.41) is 2.23. The summed E-state index contributed by atoms with van der Waals surface area (Å²) < 4.78 is 6.54. The topological polar surface area (TPSA) is 16.4 Å². The molecule has 0 aliphatic heterocycles. The molecule has 1 heterocycles. The summed E-state index contributed by atoms with van der Waals surface area (Å²) in [6.07, 6.45) is 0. The van der Waals surface area contributed by atoms with Gasteiger partial charge in [-0.3, -0.25) is 0 Å². The second kappa shape index (κ2) is 13.9. The van der Waals surface area contributed by atoms with Gasteiger partial charge in [0.25, 0.3) is 0 Å². The van der Waals surface area contributed by atoms with Gasteiger partial charge in [0.05, 0.1) is 5.69 Å². The maximum Gasteiger partial charge on any atom is 0.136 e. The highest BCUT2D eigenvalue weighted by Crippen LogP contribution is 2.52. The molecule has 0 atom stereocenters. The quantitative estimate of drug-likeness (QED) is 0.161. The second-order valence-corrected chi connectivity index (χ2v) is 16.1. The van der Waals surface area contributed by atoms with E-state index in [1.165, 1.54) is 44.5 Å². The largest absolute Gasteiger partial charge is 0.456 e. The van der Waals surface area contributed by atoms with Crippen LogP contribution in [0, 0.1) is 0 Å². The van der Waals surface area contributed by atoms with Gasteiger partial charge in [-0.25, -0.2) is 0 Å². The van der Waals surface area contributed by atoms with Gasteiger partial charge < -0.3 is 9.32 Å². The summed E-state index contributed by atoms with van der Waals surface area (Å²) in [7, 11) is 0. The van der Waals surface area contributed by atoms with Crippen LogP contribution < -0.4 is 4.90 Å². The molecule has 2 nitrogen and oxygen atoms in total. The van der Waals surface area contributed by atoms with Crippen LogP contribution in [-0.4, -0.2) is 0 Å². The molecule has 11 rings (SSSR count). The standard InChI is InChI=1S/C57H41NO/c1-57(2)50-22-12-9-19-45(50)46-34-33-44(37-51(46)57)58(43-31-29-41(30-32-43)39-17-7-4-8-18-39)52-23-13-10-20-47(52)48-35-36-54-56(49-21-11-14-24-53(49)59-54)55(48)42-27-25-40(26-28-42)38-15-5-3-6-16-38/h3-37H,1-2H3. The number of para-hydroxylation sites is 2. The van der Waals surface area contributed by atoms with Crippen molar-refractivity contribution < 1.29 is 4.42 Å². The van der Waals surface area contributed by atoms with Crippen molar-refractivity contribution >= 4 is 39.0 Å². The SMILES string of the molecule is CC1(C)c2ccccc2-c2ccc(N(c3ccc(-c4ccccc4)cc3)c3ccccc3-c3ccc4oc5ccccc5c4c3-c3ccc(-c4ccccc4)cc3)cc21. The van der Waals surface area contributed by atoms with Crippen LogP contribution in [-0.2, 0) is 5.41 Å². The fourth-order valence-electron chi connectivity index (χ4n) is 9.39. The number of rotatable bonds is 7. The number of benzene rings is 9. The Kier molecular flexibility index (Phi) is 8.20. The minimum atomic E-state index is -0.142. The molecule has 280 valence electrons. The Bertz CT molecular complexity index is 3160. The van der Waals surface area contributed by atoms with Crippen LogP contribution in [0.4, 0.5) is 17.1 Å². The van der Waals surface area contributed by atoms with Crippen LogP contribution in [0.5, 0.6) is 0 Å². The van der Waals surface area contributed by atoms with E-state index < -0.39 is 0 Å². The molecule has 0 saturated heterocycles. The monoisotopic (exact) mass is 755 g/mol. The third-order valence-corrected chi connectivity index (χ3v) is 12.3. The predicted octanol–water partition coefficient (Wildman–Crippen LogP) is 16.0. The number of hydrogen-bond acceptors (Lipinski definition) is 2. The minimum Gasteiger partial charge on any atom is -0.456 e. The predicted molar refractivity (Wildman–Crippen MR) is 248 cm³/mol. The lowest BCUT2D eigenvalue weighted by molar-refractivity contribution is 0.660. The Labute approximate surface area is 345 Å². The Morgan fingerprint density at radius 2 is 0.898 bits per heavy atom. The second-order valence-electron chi connectivity index (χ2n) is 16.1. The van der Waals surface area contributed by atoms with Crippen molar-refractivity contribution in [3.05, 3.63) is 223 Å². The van der Waals surface area contributed by atoms with Crippen molar-refractivity contribution in [3.63, 3.8) is 0 Å². The Morgan fingerprint density at radius 1 is 0.373 bits per heavy atom. The van der Waals surface area contributed by atoms with Crippen LogP contribution >= 0.6 is 0 Å². The van der Waals surface area contributed by atoms with E-state index in [9.17, 15) is 0 Å². The molecule has 0 fully saturated rings. The van der Waals surface area contributed by atoms with Gasteiger partial charge >= 0.3 is 0 Å². The molecular formula is C57H41NO. The number of anilines is 3. The summed E-state index contributed by atoms with van der Waals surface area (Å²) in [5.74, 6) is 0. The van der Waals surface area contributed by atoms with Gasteiger partial charge in [-0.05, 0) is 104 Å². The van der Waals surface area contributed by atoms with Crippen LogP contribution in [0.2, 0.25) is 0 Å². The van der Waals surface area contributed by atoms with E-state index >= 15 is 0 Å². The zero-order valence-corrected chi connectivity index (χ0v) is 33.1. The Balaban J connectivity index is 1.14. The van der Waals surface area contributed by atoms with E-state index in [-0.39, 0.29) is 5.41 Å². The fourth-order valence-corrected chi connectivity index (χ4v) is 9.39. The van der Waals surface area contributed by atoms with Crippen molar-refractivity contribution in [1.29, 1.82) is 0 Å². The third-order valence-electron chi connectivity index (χ3n) is 12.3. The maximum absolute atomic E-state index is 6.54. The lowest BCUT2D eigenvalue weighted by Crippen LogP contribution is -2.17. The highest BCUT2D eigenvalue weighted by molar-refractivity contribution is 6.16.